The number of nitrogens with zero attached hydrogens (tertiary/aromatic N) is 2. The van der Waals surface area contributed by atoms with E-state index in [9.17, 15) is 9.59 Å². The molecule has 0 aliphatic carbocycles. The molecule has 1 aliphatic rings. The van der Waals surface area contributed by atoms with Crippen molar-refractivity contribution in [1.82, 2.24) is 10.2 Å². The number of piperazine rings is 1. The molecule has 2 N–H and O–H groups in total. The minimum Gasteiger partial charge on any atom is -0.445 e. The highest BCUT2D eigenvalue weighted by Crippen LogP contribution is 2.19. The van der Waals surface area contributed by atoms with Crippen molar-refractivity contribution in [2.75, 3.05) is 42.9 Å². The van der Waals surface area contributed by atoms with Crippen molar-refractivity contribution in [1.29, 1.82) is 0 Å². The van der Waals surface area contributed by atoms with Crippen LogP contribution >= 0.6 is 0 Å². The monoisotopic (exact) mass is 410 g/mol. The van der Waals surface area contributed by atoms with Crippen LogP contribution in [0.25, 0.3) is 0 Å². The molecule has 7 nitrogen and oxygen atoms in total. The van der Waals surface area contributed by atoms with Crippen LogP contribution in [0.4, 0.5) is 16.2 Å². The van der Waals surface area contributed by atoms with Crippen LogP contribution in [0.3, 0.4) is 0 Å². The highest BCUT2D eigenvalue weighted by molar-refractivity contribution is 5.96. The fraction of sp³-hybridized carbons (Fsp3) is 0.391. The maximum Gasteiger partial charge on any atom is 0.408 e. The molecule has 1 saturated heterocycles. The third-order valence-electron chi connectivity index (χ3n) is 5.26. The van der Waals surface area contributed by atoms with Crippen molar-refractivity contribution in [3.63, 3.8) is 0 Å². The Kier molecular flexibility index (Phi) is 7.68. The standard InChI is InChI=1S/C23H30N4O3/c1-3-26-13-15-27(16-14-26)21-11-9-20(10-12-21)25-22(28)18(2)24-23(29)30-17-19-7-5-4-6-8-19/h4-12,18H,3,13-17H2,1-2H3,(H,24,29)(H,25,28). The Morgan fingerprint density at radius 3 is 2.30 bits per heavy atom. The number of likely N-dealkylation sites (N-methyl/N-ethyl adjacent to an activating group) is 1. The lowest BCUT2D eigenvalue weighted by atomic mass is 10.2. The molecule has 0 radical (unpaired) electrons. The van der Waals surface area contributed by atoms with E-state index in [0.717, 1.165) is 44.0 Å². The van der Waals surface area contributed by atoms with Crippen LogP contribution in [0.15, 0.2) is 54.6 Å². The van der Waals surface area contributed by atoms with Crippen molar-refractivity contribution in [2.24, 2.45) is 0 Å². The molecule has 1 heterocycles. The Morgan fingerprint density at radius 2 is 1.67 bits per heavy atom. The van der Waals surface area contributed by atoms with Gasteiger partial charge in [-0.3, -0.25) is 4.79 Å². The van der Waals surface area contributed by atoms with Gasteiger partial charge in [-0.05, 0) is 43.3 Å². The van der Waals surface area contributed by atoms with Gasteiger partial charge in [0.25, 0.3) is 0 Å². The quantitative estimate of drug-likeness (QED) is 0.734. The number of rotatable bonds is 7. The number of hydrogen-bond donors (Lipinski definition) is 2. The summed E-state index contributed by atoms with van der Waals surface area (Å²) < 4.78 is 5.16. The van der Waals surface area contributed by atoms with Gasteiger partial charge in [0, 0.05) is 37.6 Å². The number of ether oxygens (including phenoxy) is 1. The lowest BCUT2D eigenvalue weighted by Crippen LogP contribution is -2.46. The average molecular weight is 411 g/mol. The van der Waals surface area contributed by atoms with Gasteiger partial charge in [0.2, 0.25) is 5.91 Å². The molecule has 2 aromatic carbocycles. The number of benzene rings is 2. The van der Waals surface area contributed by atoms with Crippen LogP contribution < -0.4 is 15.5 Å². The van der Waals surface area contributed by atoms with E-state index in [1.54, 1.807) is 6.92 Å². The van der Waals surface area contributed by atoms with Crippen LogP contribution in [-0.2, 0) is 16.1 Å². The number of amides is 2. The third-order valence-corrected chi connectivity index (χ3v) is 5.26. The van der Waals surface area contributed by atoms with Gasteiger partial charge < -0.3 is 25.2 Å². The van der Waals surface area contributed by atoms with Crippen LogP contribution in [0.1, 0.15) is 19.4 Å². The van der Waals surface area contributed by atoms with Crippen molar-refractivity contribution in [2.45, 2.75) is 26.5 Å². The van der Waals surface area contributed by atoms with Crippen molar-refractivity contribution in [3.8, 4) is 0 Å². The SMILES string of the molecule is CCN1CCN(c2ccc(NC(=O)C(C)NC(=O)OCc3ccccc3)cc2)CC1. The first-order valence-electron chi connectivity index (χ1n) is 10.4. The Morgan fingerprint density at radius 1 is 1.00 bits per heavy atom. The van der Waals surface area contributed by atoms with Crippen LogP contribution in [0, 0.1) is 0 Å². The van der Waals surface area contributed by atoms with Gasteiger partial charge >= 0.3 is 6.09 Å². The molecule has 1 atom stereocenters. The highest BCUT2D eigenvalue weighted by Gasteiger charge is 2.18. The number of hydrogen-bond acceptors (Lipinski definition) is 5. The Hall–Kier alpha value is -3.06. The van der Waals surface area contributed by atoms with E-state index in [1.807, 2.05) is 54.6 Å². The molecule has 2 amide bonds. The Bertz CT molecular complexity index is 818. The van der Waals surface area contributed by atoms with E-state index in [4.69, 9.17) is 4.74 Å². The third kappa shape index (κ3) is 6.22. The lowest BCUT2D eigenvalue weighted by Gasteiger charge is -2.35. The summed E-state index contributed by atoms with van der Waals surface area (Å²) in [6.45, 7) is 9.21. The number of carbonyl (C=O) groups excluding carboxylic acids is 2. The van der Waals surface area contributed by atoms with E-state index in [-0.39, 0.29) is 12.5 Å². The zero-order valence-corrected chi connectivity index (χ0v) is 17.6. The predicted octanol–water partition coefficient (Wildman–Crippen LogP) is 3.08. The van der Waals surface area contributed by atoms with Gasteiger partial charge in [0.05, 0.1) is 0 Å². The normalized spacial score (nSPS) is 15.3. The summed E-state index contributed by atoms with van der Waals surface area (Å²) in [6.07, 6.45) is -0.622. The minimum atomic E-state index is -0.713. The first kappa shape index (κ1) is 21.6. The molecule has 3 rings (SSSR count). The number of anilines is 2. The molecular formula is C23H30N4O3. The molecular weight excluding hydrogens is 380 g/mol. The fourth-order valence-electron chi connectivity index (χ4n) is 3.34. The molecule has 1 aliphatic heterocycles. The van der Waals surface area contributed by atoms with Crippen molar-refractivity contribution in [3.05, 3.63) is 60.2 Å². The molecule has 0 spiro atoms. The predicted molar refractivity (Wildman–Crippen MR) is 119 cm³/mol. The summed E-state index contributed by atoms with van der Waals surface area (Å²) in [5.74, 6) is -0.295. The second kappa shape index (κ2) is 10.6. The highest BCUT2D eigenvalue weighted by atomic mass is 16.5. The van der Waals surface area contributed by atoms with Gasteiger partial charge in [0.15, 0.2) is 0 Å². The molecule has 30 heavy (non-hydrogen) atoms. The van der Waals surface area contributed by atoms with Crippen molar-refractivity contribution < 1.29 is 14.3 Å². The minimum absolute atomic E-state index is 0.162. The molecule has 0 aromatic heterocycles. The van der Waals surface area contributed by atoms with Crippen LogP contribution in [-0.4, -0.2) is 55.7 Å². The maximum atomic E-state index is 12.4. The summed E-state index contributed by atoms with van der Waals surface area (Å²) in [4.78, 5) is 29.1. The average Bonchev–Trinajstić information content (AvgIpc) is 2.79. The van der Waals surface area contributed by atoms with Gasteiger partial charge in [-0.2, -0.15) is 0 Å². The van der Waals surface area contributed by atoms with E-state index in [1.165, 1.54) is 0 Å². The lowest BCUT2D eigenvalue weighted by molar-refractivity contribution is -0.117. The van der Waals surface area contributed by atoms with Crippen molar-refractivity contribution >= 4 is 23.4 Å². The Labute approximate surface area is 178 Å². The van der Waals surface area contributed by atoms with E-state index >= 15 is 0 Å². The van der Waals surface area contributed by atoms with E-state index in [2.05, 4.69) is 27.4 Å². The topological polar surface area (TPSA) is 73.9 Å². The smallest absolute Gasteiger partial charge is 0.408 e. The molecule has 1 unspecified atom stereocenters. The number of alkyl carbamates (subject to hydrolysis) is 1. The van der Waals surface area contributed by atoms with Gasteiger partial charge in [-0.25, -0.2) is 4.79 Å². The summed E-state index contributed by atoms with van der Waals surface area (Å²) in [7, 11) is 0. The van der Waals surface area contributed by atoms with Crippen LogP contribution in [0.5, 0.6) is 0 Å². The fourth-order valence-corrected chi connectivity index (χ4v) is 3.34. The van der Waals surface area contributed by atoms with Gasteiger partial charge in [-0.1, -0.05) is 37.3 Å². The maximum absolute atomic E-state index is 12.4. The molecule has 7 heteroatoms. The zero-order chi connectivity index (χ0) is 21.3. The Balaban J connectivity index is 1.44. The molecule has 1 fully saturated rings. The zero-order valence-electron chi connectivity index (χ0n) is 17.6. The summed E-state index contributed by atoms with van der Waals surface area (Å²) in [5, 5.41) is 5.39. The van der Waals surface area contributed by atoms with Crippen LogP contribution in [0.2, 0.25) is 0 Å². The summed E-state index contributed by atoms with van der Waals surface area (Å²) in [6, 6.07) is 16.5. The molecule has 2 aromatic rings. The van der Waals surface area contributed by atoms with Gasteiger partial charge in [0.1, 0.15) is 12.6 Å². The number of nitrogens with one attached hydrogen (secondary N) is 2. The summed E-state index contributed by atoms with van der Waals surface area (Å²) >= 11 is 0. The molecule has 160 valence electrons. The first-order chi connectivity index (χ1) is 14.5. The van der Waals surface area contributed by atoms with Gasteiger partial charge in [-0.15, -0.1) is 0 Å². The molecule has 0 saturated carbocycles. The summed E-state index contributed by atoms with van der Waals surface area (Å²) in [5.41, 5.74) is 2.74. The van der Waals surface area contributed by atoms with E-state index in [0.29, 0.717) is 5.69 Å². The first-order valence-corrected chi connectivity index (χ1v) is 10.4. The molecule has 0 bridgehead atoms. The number of carbonyl (C=O) groups is 2. The largest absolute Gasteiger partial charge is 0.445 e. The van der Waals surface area contributed by atoms with E-state index < -0.39 is 12.1 Å². The second-order valence-electron chi connectivity index (χ2n) is 7.39. The second-order valence-corrected chi connectivity index (χ2v) is 7.39.